The van der Waals surface area contributed by atoms with Crippen molar-refractivity contribution in [1.29, 1.82) is 0 Å². The van der Waals surface area contributed by atoms with Crippen molar-refractivity contribution < 1.29 is 9.53 Å². The molecule has 0 saturated carbocycles. The standard InChI is InChI=1S/C13H17ClN2O2/c1-2-16-12-8-18-7-10(12)13(17)5-9-3-4-15-6-11(9)14/h3-4,6,10,12,16H,2,5,7-8H2,1H3. The normalized spacial score (nSPS) is 23.2. The van der Waals surface area contributed by atoms with E-state index in [0.717, 1.165) is 12.1 Å². The topological polar surface area (TPSA) is 51.2 Å². The summed E-state index contributed by atoms with van der Waals surface area (Å²) in [6, 6.07) is 1.92. The zero-order chi connectivity index (χ0) is 13.0. The molecule has 2 rings (SSSR count). The molecular formula is C13H17ClN2O2. The number of nitrogens with zero attached hydrogens (tertiary/aromatic N) is 1. The van der Waals surface area contributed by atoms with Gasteiger partial charge in [0.15, 0.2) is 0 Å². The number of nitrogens with one attached hydrogen (secondary N) is 1. The van der Waals surface area contributed by atoms with Crippen LogP contribution in [0.5, 0.6) is 0 Å². The van der Waals surface area contributed by atoms with Crippen molar-refractivity contribution in [3.05, 3.63) is 29.0 Å². The third-order valence-corrected chi connectivity index (χ3v) is 3.52. The molecule has 1 aromatic heterocycles. The Bertz CT molecular complexity index is 425. The van der Waals surface area contributed by atoms with Gasteiger partial charge in [0.25, 0.3) is 0 Å². The predicted octanol–water partition coefficient (Wildman–Crippen LogP) is 1.47. The zero-order valence-electron chi connectivity index (χ0n) is 10.4. The molecule has 1 aliphatic heterocycles. The fourth-order valence-electron chi connectivity index (χ4n) is 2.20. The molecule has 98 valence electrons. The molecule has 0 aromatic carbocycles. The highest BCUT2D eigenvalue weighted by Gasteiger charge is 2.33. The van der Waals surface area contributed by atoms with E-state index in [0.29, 0.717) is 24.7 Å². The van der Waals surface area contributed by atoms with Crippen molar-refractivity contribution in [2.24, 2.45) is 5.92 Å². The number of hydrogen-bond acceptors (Lipinski definition) is 4. The van der Waals surface area contributed by atoms with Gasteiger partial charge < -0.3 is 10.1 Å². The quantitative estimate of drug-likeness (QED) is 0.879. The molecule has 0 radical (unpaired) electrons. The lowest BCUT2D eigenvalue weighted by Crippen LogP contribution is -2.39. The minimum atomic E-state index is -0.0748. The SMILES string of the molecule is CCNC1COCC1C(=O)Cc1ccncc1Cl. The van der Waals surface area contributed by atoms with Gasteiger partial charge in [-0.25, -0.2) is 0 Å². The van der Waals surface area contributed by atoms with Crippen LogP contribution in [-0.2, 0) is 16.0 Å². The molecule has 5 heteroatoms. The van der Waals surface area contributed by atoms with Gasteiger partial charge in [-0.15, -0.1) is 0 Å². The predicted molar refractivity (Wildman–Crippen MR) is 69.7 cm³/mol. The van der Waals surface area contributed by atoms with Crippen molar-refractivity contribution in [3.63, 3.8) is 0 Å². The first-order valence-electron chi connectivity index (χ1n) is 6.14. The number of hydrogen-bond donors (Lipinski definition) is 1. The largest absolute Gasteiger partial charge is 0.379 e. The summed E-state index contributed by atoms with van der Waals surface area (Å²) in [5.74, 6) is 0.0979. The van der Waals surface area contributed by atoms with E-state index in [1.807, 2.05) is 6.92 Å². The second kappa shape index (κ2) is 6.27. The third-order valence-electron chi connectivity index (χ3n) is 3.18. The van der Waals surface area contributed by atoms with E-state index in [9.17, 15) is 4.79 Å². The molecule has 2 unspecified atom stereocenters. The first-order valence-corrected chi connectivity index (χ1v) is 6.52. The number of Topliss-reactive ketones (excluding diaryl/α,β-unsaturated/α-hetero) is 1. The monoisotopic (exact) mass is 268 g/mol. The summed E-state index contributed by atoms with van der Waals surface area (Å²) >= 11 is 6.01. The van der Waals surface area contributed by atoms with E-state index in [2.05, 4.69) is 10.3 Å². The highest BCUT2D eigenvalue weighted by Crippen LogP contribution is 2.20. The third kappa shape index (κ3) is 3.07. The molecule has 18 heavy (non-hydrogen) atoms. The lowest BCUT2D eigenvalue weighted by molar-refractivity contribution is -0.122. The van der Waals surface area contributed by atoms with Gasteiger partial charge in [0.05, 0.1) is 24.2 Å². The highest BCUT2D eigenvalue weighted by molar-refractivity contribution is 6.31. The van der Waals surface area contributed by atoms with Gasteiger partial charge in [-0.1, -0.05) is 18.5 Å². The van der Waals surface area contributed by atoms with Gasteiger partial charge in [-0.2, -0.15) is 0 Å². The van der Waals surface area contributed by atoms with Crippen LogP contribution in [-0.4, -0.2) is 36.6 Å². The molecule has 0 aliphatic carbocycles. The molecule has 1 aliphatic rings. The molecule has 1 saturated heterocycles. The van der Waals surface area contributed by atoms with Gasteiger partial charge in [0.1, 0.15) is 5.78 Å². The van der Waals surface area contributed by atoms with Crippen molar-refractivity contribution in [3.8, 4) is 0 Å². The van der Waals surface area contributed by atoms with Crippen LogP contribution in [0.15, 0.2) is 18.5 Å². The maximum Gasteiger partial charge on any atom is 0.144 e. The Morgan fingerprint density at radius 3 is 3.17 bits per heavy atom. The number of ketones is 1. The molecule has 1 fully saturated rings. The molecule has 0 spiro atoms. The number of pyridine rings is 1. The van der Waals surface area contributed by atoms with E-state index in [1.54, 1.807) is 18.5 Å². The Hall–Kier alpha value is -0.970. The van der Waals surface area contributed by atoms with Crippen LogP contribution in [0.4, 0.5) is 0 Å². The Morgan fingerprint density at radius 1 is 1.61 bits per heavy atom. The highest BCUT2D eigenvalue weighted by atomic mass is 35.5. The van der Waals surface area contributed by atoms with Crippen molar-refractivity contribution >= 4 is 17.4 Å². The van der Waals surface area contributed by atoms with Crippen LogP contribution in [0, 0.1) is 5.92 Å². The number of carbonyl (C=O) groups is 1. The average molecular weight is 269 g/mol. The van der Waals surface area contributed by atoms with Gasteiger partial charge in [0, 0.05) is 24.9 Å². The number of carbonyl (C=O) groups excluding carboxylic acids is 1. The molecule has 2 atom stereocenters. The van der Waals surface area contributed by atoms with Gasteiger partial charge in [0.2, 0.25) is 0 Å². The van der Waals surface area contributed by atoms with E-state index < -0.39 is 0 Å². The van der Waals surface area contributed by atoms with Gasteiger partial charge >= 0.3 is 0 Å². The number of halogens is 1. The van der Waals surface area contributed by atoms with Crippen molar-refractivity contribution in [1.82, 2.24) is 10.3 Å². The first kappa shape index (κ1) is 13.5. The lowest BCUT2D eigenvalue weighted by Gasteiger charge is -2.17. The van der Waals surface area contributed by atoms with Crippen LogP contribution in [0.2, 0.25) is 5.02 Å². The summed E-state index contributed by atoms with van der Waals surface area (Å²) in [6.45, 7) is 3.97. The minimum Gasteiger partial charge on any atom is -0.379 e. The lowest BCUT2D eigenvalue weighted by atomic mass is 9.94. The van der Waals surface area contributed by atoms with Gasteiger partial charge in [-0.3, -0.25) is 9.78 Å². The number of ether oxygens (including phenoxy) is 1. The summed E-state index contributed by atoms with van der Waals surface area (Å²) in [7, 11) is 0. The average Bonchev–Trinajstić information content (AvgIpc) is 2.81. The molecular weight excluding hydrogens is 252 g/mol. The fraction of sp³-hybridized carbons (Fsp3) is 0.538. The van der Waals surface area contributed by atoms with Crippen LogP contribution in [0.25, 0.3) is 0 Å². The maximum absolute atomic E-state index is 12.3. The summed E-state index contributed by atoms with van der Waals surface area (Å²) < 4.78 is 5.38. The molecule has 1 N–H and O–H groups in total. The van der Waals surface area contributed by atoms with E-state index >= 15 is 0 Å². The van der Waals surface area contributed by atoms with Crippen molar-refractivity contribution in [2.45, 2.75) is 19.4 Å². The Balaban J connectivity index is 2.01. The smallest absolute Gasteiger partial charge is 0.144 e. The van der Waals surface area contributed by atoms with Crippen LogP contribution in [0.1, 0.15) is 12.5 Å². The Morgan fingerprint density at radius 2 is 2.44 bits per heavy atom. The van der Waals surface area contributed by atoms with Crippen molar-refractivity contribution in [2.75, 3.05) is 19.8 Å². The molecule has 1 aromatic rings. The number of likely N-dealkylation sites (N-methyl/N-ethyl adjacent to an activating group) is 1. The summed E-state index contributed by atoms with van der Waals surface area (Å²) in [5, 5.41) is 3.83. The van der Waals surface area contributed by atoms with E-state index in [-0.39, 0.29) is 17.7 Å². The number of rotatable bonds is 5. The number of aromatic nitrogens is 1. The summed E-state index contributed by atoms with van der Waals surface area (Å²) in [6.07, 6.45) is 3.57. The molecule has 2 heterocycles. The molecule has 0 bridgehead atoms. The summed E-state index contributed by atoms with van der Waals surface area (Å²) in [5.41, 5.74) is 0.832. The Kier molecular flexibility index (Phi) is 4.69. The summed E-state index contributed by atoms with van der Waals surface area (Å²) in [4.78, 5) is 16.2. The van der Waals surface area contributed by atoms with E-state index in [4.69, 9.17) is 16.3 Å². The molecule has 4 nitrogen and oxygen atoms in total. The maximum atomic E-state index is 12.3. The molecule has 0 amide bonds. The second-order valence-corrected chi connectivity index (χ2v) is 4.83. The van der Waals surface area contributed by atoms with Crippen LogP contribution >= 0.6 is 11.6 Å². The van der Waals surface area contributed by atoms with Crippen LogP contribution in [0.3, 0.4) is 0 Å². The zero-order valence-corrected chi connectivity index (χ0v) is 11.1. The van der Waals surface area contributed by atoms with Crippen LogP contribution < -0.4 is 5.32 Å². The van der Waals surface area contributed by atoms with Gasteiger partial charge in [-0.05, 0) is 18.2 Å². The minimum absolute atomic E-state index is 0.0748. The first-order chi connectivity index (χ1) is 8.72. The van der Waals surface area contributed by atoms with E-state index in [1.165, 1.54) is 0 Å². The fourth-order valence-corrected chi connectivity index (χ4v) is 2.39. The second-order valence-electron chi connectivity index (χ2n) is 4.42. The Labute approximate surface area is 112 Å².